The minimum Gasteiger partial charge on any atom is -0.384 e. The van der Waals surface area contributed by atoms with Crippen LogP contribution in [0.1, 0.15) is 20.8 Å². The fourth-order valence-corrected chi connectivity index (χ4v) is 1.28. The highest BCUT2D eigenvalue weighted by atomic mass is 16.6. The summed E-state index contributed by atoms with van der Waals surface area (Å²) in [7, 11) is 0. The molecule has 0 bridgehead atoms. The predicted molar refractivity (Wildman–Crippen MR) is 67.7 cm³/mol. The van der Waals surface area contributed by atoms with Gasteiger partial charge in [0.05, 0.1) is 15.9 Å². The van der Waals surface area contributed by atoms with E-state index in [0.29, 0.717) is 12.2 Å². The number of non-ortho nitro benzene ring substituents is 2. The van der Waals surface area contributed by atoms with E-state index < -0.39 is 9.85 Å². The Kier molecular flexibility index (Phi) is 3.85. The van der Waals surface area contributed by atoms with Gasteiger partial charge in [-0.3, -0.25) is 20.2 Å². The number of hydrogen-bond donors (Lipinski definition) is 1. The van der Waals surface area contributed by atoms with Gasteiger partial charge in [-0.2, -0.15) is 0 Å². The molecule has 0 atom stereocenters. The normalized spacial score (nSPS) is 11.1. The molecular formula is C11H15N3O4. The number of hydrogen-bond acceptors (Lipinski definition) is 5. The van der Waals surface area contributed by atoms with Crippen LogP contribution in [-0.2, 0) is 0 Å². The summed E-state index contributed by atoms with van der Waals surface area (Å²) in [5.74, 6) is 0. The zero-order valence-electron chi connectivity index (χ0n) is 10.5. The molecule has 0 spiro atoms. The average molecular weight is 253 g/mol. The van der Waals surface area contributed by atoms with E-state index in [9.17, 15) is 20.2 Å². The van der Waals surface area contributed by atoms with Crippen LogP contribution in [0.5, 0.6) is 0 Å². The van der Waals surface area contributed by atoms with E-state index >= 15 is 0 Å². The van der Waals surface area contributed by atoms with Gasteiger partial charge < -0.3 is 5.32 Å². The molecule has 1 aromatic carbocycles. The summed E-state index contributed by atoms with van der Waals surface area (Å²) >= 11 is 0. The summed E-state index contributed by atoms with van der Waals surface area (Å²) < 4.78 is 0. The fraction of sp³-hybridized carbons (Fsp3) is 0.455. The maximum absolute atomic E-state index is 10.7. The van der Waals surface area contributed by atoms with Crippen molar-refractivity contribution < 1.29 is 9.85 Å². The molecule has 1 aromatic rings. The Bertz CT molecular complexity index is 447. The molecule has 0 aliphatic carbocycles. The summed E-state index contributed by atoms with van der Waals surface area (Å²) in [5.41, 5.74) is -0.230. The molecule has 0 saturated heterocycles. The standard InChI is InChI=1S/C11H15N3O4/c1-11(2,3)7-12-8-4-9(13(15)16)6-10(5-8)14(17)18/h4-6,12H,7H2,1-3H3. The SMILES string of the molecule is CC(C)(C)CNc1cc([N+](=O)[O-])cc([N+](=O)[O-])c1. The van der Waals surface area contributed by atoms with Gasteiger partial charge in [-0.15, -0.1) is 0 Å². The zero-order chi connectivity index (χ0) is 13.9. The molecule has 0 saturated carbocycles. The Balaban J connectivity index is 3.04. The van der Waals surface area contributed by atoms with Gasteiger partial charge in [0, 0.05) is 24.4 Å². The van der Waals surface area contributed by atoms with Crippen molar-refractivity contribution in [3.8, 4) is 0 Å². The van der Waals surface area contributed by atoms with Gasteiger partial charge in [-0.1, -0.05) is 20.8 Å². The molecule has 0 fully saturated rings. The maximum atomic E-state index is 10.7. The molecule has 7 heteroatoms. The second-order valence-corrected chi connectivity index (χ2v) is 5.17. The first-order valence-corrected chi connectivity index (χ1v) is 5.37. The number of nitro groups is 2. The van der Waals surface area contributed by atoms with Crippen LogP contribution in [0, 0.1) is 25.6 Å². The van der Waals surface area contributed by atoms with Crippen molar-refractivity contribution in [1.82, 2.24) is 0 Å². The minimum absolute atomic E-state index is 0.0284. The molecule has 0 aliphatic rings. The molecular weight excluding hydrogens is 238 g/mol. The van der Waals surface area contributed by atoms with Gasteiger partial charge >= 0.3 is 0 Å². The van der Waals surface area contributed by atoms with E-state index in [1.165, 1.54) is 12.1 Å². The highest BCUT2D eigenvalue weighted by Gasteiger charge is 2.17. The Labute approximate surface area is 104 Å². The van der Waals surface area contributed by atoms with Crippen LogP contribution in [0.4, 0.5) is 17.1 Å². The van der Waals surface area contributed by atoms with E-state index in [1.807, 2.05) is 20.8 Å². The highest BCUT2D eigenvalue weighted by molar-refractivity contribution is 5.58. The lowest BCUT2D eigenvalue weighted by Gasteiger charge is -2.19. The third-order valence-electron chi connectivity index (χ3n) is 2.15. The lowest BCUT2D eigenvalue weighted by molar-refractivity contribution is -0.394. The Hall–Kier alpha value is -2.18. The van der Waals surface area contributed by atoms with E-state index in [1.54, 1.807) is 0 Å². The first-order valence-electron chi connectivity index (χ1n) is 5.37. The number of nitrogens with zero attached hydrogens (tertiary/aromatic N) is 2. The third-order valence-corrected chi connectivity index (χ3v) is 2.15. The molecule has 0 aliphatic heterocycles. The lowest BCUT2D eigenvalue weighted by atomic mass is 9.97. The average Bonchev–Trinajstić information content (AvgIpc) is 2.25. The van der Waals surface area contributed by atoms with Gasteiger partial charge in [0.15, 0.2) is 0 Å². The second kappa shape index (κ2) is 4.99. The van der Waals surface area contributed by atoms with Crippen molar-refractivity contribution in [2.75, 3.05) is 11.9 Å². The van der Waals surface area contributed by atoms with E-state index in [4.69, 9.17) is 0 Å². The largest absolute Gasteiger partial charge is 0.384 e. The number of nitro benzene ring substituents is 2. The van der Waals surface area contributed by atoms with Crippen LogP contribution >= 0.6 is 0 Å². The predicted octanol–water partition coefficient (Wildman–Crippen LogP) is 2.96. The van der Waals surface area contributed by atoms with Crippen molar-refractivity contribution in [1.29, 1.82) is 0 Å². The fourth-order valence-electron chi connectivity index (χ4n) is 1.28. The lowest BCUT2D eigenvalue weighted by Crippen LogP contribution is -2.19. The monoisotopic (exact) mass is 253 g/mol. The topological polar surface area (TPSA) is 98.3 Å². The summed E-state index contributed by atoms with van der Waals surface area (Å²) in [6.45, 7) is 6.54. The van der Waals surface area contributed by atoms with E-state index in [-0.39, 0.29) is 16.8 Å². The van der Waals surface area contributed by atoms with E-state index in [0.717, 1.165) is 6.07 Å². The molecule has 1 rings (SSSR count). The number of rotatable bonds is 4. The zero-order valence-corrected chi connectivity index (χ0v) is 10.5. The van der Waals surface area contributed by atoms with Crippen molar-refractivity contribution in [3.05, 3.63) is 38.4 Å². The van der Waals surface area contributed by atoms with Crippen LogP contribution in [-0.4, -0.2) is 16.4 Å². The molecule has 1 N–H and O–H groups in total. The Morgan fingerprint density at radius 2 is 1.50 bits per heavy atom. The molecule has 0 unspecified atom stereocenters. The van der Waals surface area contributed by atoms with Crippen molar-refractivity contribution in [2.24, 2.45) is 5.41 Å². The molecule has 0 radical (unpaired) electrons. The summed E-state index contributed by atoms with van der Waals surface area (Å²) in [6, 6.07) is 3.53. The first kappa shape index (κ1) is 13.9. The number of benzene rings is 1. The summed E-state index contributed by atoms with van der Waals surface area (Å²) in [6.07, 6.45) is 0. The Morgan fingerprint density at radius 1 is 1.06 bits per heavy atom. The van der Waals surface area contributed by atoms with Gasteiger partial charge in [0.2, 0.25) is 0 Å². The molecule has 98 valence electrons. The Morgan fingerprint density at radius 3 is 1.83 bits per heavy atom. The van der Waals surface area contributed by atoms with Crippen LogP contribution < -0.4 is 5.32 Å². The highest BCUT2D eigenvalue weighted by Crippen LogP contribution is 2.26. The van der Waals surface area contributed by atoms with E-state index in [2.05, 4.69) is 5.32 Å². The summed E-state index contributed by atoms with van der Waals surface area (Å²) in [4.78, 5) is 20.1. The van der Waals surface area contributed by atoms with Crippen molar-refractivity contribution >= 4 is 17.1 Å². The van der Waals surface area contributed by atoms with Crippen LogP contribution in [0.2, 0.25) is 0 Å². The molecule has 0 heterocycles. The number of nitrogens with one attached hydrogen (secondary N) is 1. The smallest absolute Gasteiger partial charge is 0.278 e. The van der Waals surface area contributed by atoms with Crippen LogP contribution in [0.25, 0.3) is 0 Å². The minimum atomic E-state index is -0.644. The number of anilines is 1. The molecule has 7 nitrogen and oxygen atoms in total. The first-order chi connectivity index (χ1) is 8.19. The van der Waals surface area contributed by atoms with Gasteiger partial charge in [0.25, 0.3) is 11.4 Å². The summed E-state index contributed by atoms with van der Waals surface area (Å²) in [5, 5.41) is 24.3. The molecule has 0 aromatic heterocycles. The van der Waals surface area contributed by atoms with Crippen LogP contribution in [0.15, 0.2) is 18.2 Å². The van der Waals surface area contributed by atoms with Gasteiger partial charge in [-0.25, -0.2) is 0 Å². The van der Waals surface area contributed by atoms with Crippen LogP contribution in [0.3, 0.4) is 0 Å². The molecule has 0 amide bonds. The third kappa shape index (κ3) is 4.00. The quantitative estimate of drug-likeness (QED) is 0.657. The second-order valence-electron chi connectivity index (χ2n) is 5.17. The van der Waals surface area contributed by atoms with Gasteiger partial charge in [0.1, 0.15) is 0 Å². The van der Waals surface area contributed by atoms with Crippen molar-refractivity contribution in [3.63, 3.8) is 0 Å². The molecule has 18 heavy (non-hydrogen) atoms. The van der Waals surface area contributed by atoms with Crippen molar-refractivity contribution in [2.45, 2.75) is 20.8 Å². The maximum Gasteiger partial charge on any atom is 0.278 e. The van der Waals surface area contributed by atoms with Gasteiger partial charge in [-0.05, 0) is 5.41 Å².